The zero-order valence-electron chi connectivity index (χ0n) is 15.1. The molecule has 3 rings (SSSR count). The summed E-state index contributed by atoms with van der Waals surface area (Å²) in [6, 6.07) is 0. The fraction of sp³-hybridized carbons (Fsp3) is 0.737. The smallest absolute Gasteiger partial charge is 0.0726 e. The van der Waals surface area contributed by atoms with Crippen molar-refractivity contribution in [3.63, 3.8) is 0 Å². The summed E-state index contributed by atoms with van der Waals surface area (Å²) in [5, 5.41) is 7.53. The molecule has 1 saturated heterocycles. The van der Waals surface area contributed by atoms with Crippen LogP contribution < -0.4 is 0 Å². The normalized spacial score (nSPS) is 26.9. The lowest BCUT2D eigenvalue weighted by Gasteiger charge is -2.32. The van der Waals surface area contributed by atoms with Gasteiger partial charge in [0.25, 0.3) is 0 Å². The summed E-state index contributed by atoms with van der Waals surface area (Å²) in [5.41, 5.74) is 4.39. The van der Waals surface area contributed by atoms with Crippen LogP contribution >= 0.6 is 0 Å². The average molecular weight is 317 g/mol. The Labute approximate surface area is 140 Å². The molecular formula is C19H31N3O. The molecule has 1 aromatic heterocycles. The zero-order chi connectivity index (χ0) is 16.5. The SMILES string of the molecule is CCCN(C)Cc1cn[nH]c1C1=CCC2(CC1)CC(C)(C)CO2. The van der Waals surface area contributed by atoms with E-state index in [1.165, 1.54) is 29.7 Å². The van der Waals surface area contributed by atoms with E-state index in [0.717, 1.165) is 39.0 Å². The molecule has 4 nitrogen and oxygen atoms in total. The van der Waals surface area contributed by atoms with Gasteiger partial charge in [0.2, 0.25) is 0 Å². The summed E-state index contributed by atoms with van der Waals surface area (Å²) in [6.07, 6.45) is 9.99. The van der Waals surface area contributed by atoms with Crippen molar-refractivity contribution in [2.75, 3.05) is 20.2 Å². The van der Waals surface area contributed by atoms with Gasteiger partial charge in [0.1, 0.15) is 0 Å². The molecule has 0 aromatic carbocycles. The molecule has 0 amide bonds. The third-order valence-electron chi connectivity index (χ3n) is 5.22. The number of aromatic amines is 1. The largest absolute Gasteiger partial charge is 0.374 e. The van der Waals surface area contributed by atoms with Crippen molar-refractivity contribution in [2.45, 2.75) is 65.0 Å². The second-order valence-corrected chi connectivity index (χ2v) is 8.25. The minimum Gasteiger partial charge on any atom is -0.374 e. The minimum absolute atomic E-state index is 0.0895. The Kier molecular flexibility index (Phi) is 4.65. The van der Waals surface area contributed by atoms with Crippen molar-refractivity contribution in [3.05, 3.63) is 23.5 Å². The number of nitrogens with one attached hydrogen (secondary N) is 1. The Balaban J connectivity index is 1.70. The number of hydrogen-bond acceptors (Lipinski definition) is 3. The summed E-state index contributed by atoms with van der Waals surface area (Å²) >= 11 is 0. The zero-order valence-corrected chi connectivity index (χ0v) is 15.1. The van der Waals surface area contributed by atoms with Crippen LogP contribution in [-0.2, 0) is 11.3 Å². The van der Waals surface area contributed by atoms with Crippen molar-refractivity contribution in [3.8, 4) is 0 Å². The quantitative estimate of drug-likeness (QED) is 0.892. The van der Waals surface area contributed by atoms with E-state index in [-0.39, 0.29) is 5.60 Å². The summed E-state index contributed by atoms with van der Waals surface area (Å²) in [7, 11) is 2.18. The lowest BCUT2D eigenvalue weighted by molar-refractivity contribution is -0.00367. The van der Waals surface area contributed by atoms with Gasteiger partial charge in [-0.25, -0.2) is 0 Å². The molecule has 1 aliphatic heterocycles. The predicted molar refractivity (Wildman–Crippen MR) is 94.1 cm³/mol. The Morgan fingerprint density at radius 3 is 2.83 bits per heavy atom. The molecule has 0 saturated carbocycles. The Morgan fingerprint density at radius 1 is 1.39 bits per heavy atom. The maximum Gasteiger partial charge on any atom is 0.0726 e. The molecule has 1 fully saturated rings. The topological polar surface area (TPSA) is 41.2 Å². The Hall–Kier alpha value is -1.13. The molecule has 23 heavy (non-hydrogen) atoms. The summed E-state index contributed by atoms with van der Waals surface area (Å²) < 4.78 is 6.21. The summed E-state index contributed by atoms with van der Waals surface area (Å²) in [6.45, 7) is 9.84. The number of nitrogens with zero attached hydrogens (tertiary/aromatic N) is 2. The van der Waals surface area contributed by atoms with Crippen LogP contribution in [0.2, 0.25) is 0 Å². The van der Waals surface area contributed by atoms with Gasteiger partial charge < -0.3 is 9.64 Å². The molecule has 0 radical (unpaired) electrons. The molecule has 1 aromatic rings. The molecule has 4 heteroatoms. The number of rotatable bonds is 5. The second-order valence-electron chi connectivity index (χ2n) is 8.25. The van der Waals surface area contributed by atoms with Gasteiger partial charge >= 0.3 is 0 Å². The van der Waals surface area contributed by atoms with Gasteiger partial charge in [0.05, 0.1) is 24.1 Å². The first-order valence-corrected chi connectivity index (χ1v) is 8.97. The highest BCUT2D eigenvalue weighted by Crippen LogP contribution is 2.47. The highest BCUT2D eigenvalue weighted by molar-refractivity contribution is 5.66. The van der Waals surface area contributed by atoms with E-state index in [4.69, 9.17) is 4.74 Å². The number of allylic oxidation sites excluding steroid dienone is 1. The van der Waals surface area contributed by atoms with Gasteiger partial charge in [-0.1, -0.05) is 26.8 Å². The van der Waals surface area contributed by atoms with E-state index in [1.54, 1.807) is 0 Å². The Bertz CT molecular complexity index is 575. The van der Waals surface area contributed by atoms with Crippen LogP contribution in [0.5, 0.6) is 0 Å². The van der Waals surface area contributed by atoms with Crippen LogP contribution in [0, 0.1) is 5.41 Å². The van der Waals surface area contributed by atoms with E-state index < -0.39 is 0 Å². The van der Waals surface area contributed by atoms with Gasteiger partial charge in [-0.05, 0) is 56.7 Å². The maximum absolute atomic E-state index is 6.21. The number of aromatic nitrogens is 2. The number of H-pyrrole nitrogens is 1. The third-order valence-corrected chi connectivity index (χ3v) is 5.22. The highest BCUT2D eigenvalue weighted by atomic mass is 16.5. The van der Waals surface area contributed by atoms with Crippen molar-refractivity contribution in [1.82, 2.24) is 15.1 Å². The van der Waals surface area contributed by atoms with E-state index in [1.807, 2.05) is 6.20 Å². The lowest BCUT2D eigenvalue weighted by Crippen LogP contribution is -2.30. The molecule has 1 atom stereocenters. The van der Waals surface area contributed by atoms with E-state index in [9.17, 15) is 0 Å². The van der Waals surface area contributed by atoms with Crippen molar-refractivity contribution < 1.29 is 4.74 Å². The third kappa shape index (κ3) is 3.69. The molecule has 2 aliphatic rings. The van der Waals surface area contributed by atoms with Gasteiger partial charge in [-0.3, -0.25) is 5.10 Å². The molecule has 2 heterocycles. The summed E-state index contributed by atoms with van der Waals surface area (Å²) in [4.78, 5) is 2.36. The van der Waals surface area contributed by atoms with Gasteiger partial charge in [-0.15, -0.1) is 0 Å². The van der Waals surface area contributed by atoms with Crippen molar-refractivity contribution in [1.29, 1.82) is 0 Å². The standard InChI is InChI=1S/C19H31N3O/c1-5-10-22(4)12-16-11-20-21-17(16)15-6-8-19(9-7-15)13-18(2,3)14-23-19/h6,11H,5,7-10,12-14H2,1-4H3,(H,20,21). The van der Waals surface area contributed by atoms with Gasteiger partial charge in [0, 0.05) is 12.1 Å². The number of hydrogen-bond donors (Lipinski definition) is 1. The fourth-order valence-electron chi connectivity index (χ4n) is 4.18. The molecule has 1 N–H and O–H groups in total. The van der Waals surface area contributed by atoms with E-state index in [2.05, 4.69) is 49.0 Å². The first-order valence-electron chi connectivity index (χ1n) is 8.97. The lowest BCUT2D eigenvalue weighted by atomic mass is 9.76. The van der Waals surface area contributed by atoms with Crippen LogP contribution in [0.1, 0.15) is 64.1 Å². The van der Waals surface area contributed by atoms with E-state index in [0.29, 0.717) is 5.41 Å². The van der Waals surface area contributed by atoms with E-state index >= 15 is 0 Å². The predicted octanol–water partition coefficient (Wildman–Crippen LogP) is 4.00. The first kappa shape index (κ1) is 16.7. The number of ether oxygens (including phenoxy) is 1. The maximum atomic E-state index is 6.21. The molecule has 1 spiro atoms. The Morgan fingerprint density at radius 2 is 2.22 bits per heavy atom. The van der Waals surface area contributed by atoms with Gasteiger partial charge in [0.15, 0.2) is 0 Å². The molecule has 1 unspecified atom stereocenters. The van der Waals surface area contributed by atoms with Crippen LogP contribution in [0.3, 0.4) is 0 Å². The monoisotopic (exact) mass is 317 g/mol. The van der Waals surface area contributed by atoms with Crippen LogP contribution in [0.15, 0.2) is 12.3 Å². The first-order chi connectivity index (χ1) is 10.9. The second kappa shape index (κ2) is 6.40. The molecule has 0 bridgehead atoms. The summed E-state index contributed by atoms with van der Waals surface area (Å²) in [5.74, 6) is 0. The molecule has 128 valence electrons. The molecular weight excluding hydrogens is 286 g/mol. The van der Waals surface area contributed by atoms with Crippen LogP contribution in [0.4, 0.5) is 0 Å². The fourth-order valence-corrected chi connectivity index (χ4v) is 4.18. The van der Waals surface area contributed by atoms with Gasteiger partial charge in [-0.2, -0.15) is 5.10 Å². The van der Waals surface area contributed by atoms with Crippen molar-refractivity contribution >= 4 is 5.57 Å². The molecule has 1 aliphatic carbocycles. The highest BCUT2D eigenvalue weighted by Gasteiger charge is 2.44. The minimum atomic E-state index is 0.0895. The van der Waals surface area contributed by atoms with Crippen LogP contribution in [0.25, 0.3) is 5.57 Å². The van der Waals surface area contributed by atoms with Crippen molar-refractivity contribution in [2.24, 2.45) is 5.41 Å². The van der Waals surface area contributed by atoms with Crippen LogP contribution in [-0.4, -0.2) is 40.9 Å². The average Bonchev–Trinajstić information content (AvgIpc) is 3.05.